The first-order chi connectivity index (χ1) is 9.80. The quantitative estimate of drug-likeness (QED) is 0.756. The summed E-state index contributed by atoms with van der Waals surface area (Å²) in [6.07, 6.45) is -3.18. The number of halogens is 3. The smallest absolute Gasteiger partial charge is 0.406 e. The largest absolute Gasteiger partial charge is 0.573 e. The molecule has 0 spiro atoms. The molecule has 1 aromatic carbocycles. The fourth-order valence-corrected chi connectivity index (χ4v) is 1.63. The molecule has 1 unspecified atom stereocenters. The first-order valence-corrected chi connectivity index (χ1v) is 6.43. The Kier molecular flexibility index (Phi) is 6.29. The first kappa shape index (κ1) is 17.1. The summed E-state index contributed by atoms with van der Waals surface area (Å²) in [4.78, 5) is 11.6. The molecular formula is C13H18F3N3O2. The van der Waals surface area contributed by atoms with Gasteiger partial charge in [0.2, 0.25) is 0 Å². The number of rotatable bonds is 6. The SMILES string of the molecule is CC(CCCN)NC(=O)Nc1ccc(OC(F)(F)F)cc1. The van der Waals surface area contributed by atoms with Crippen molar-refractivity contribution in [1.29, 1.82) is 0 Å². The maximum atomic E-state index is 12.0. The lowest BCUT2D eigenvalue weighted by Gasteiger charge is -2.14. The van der Waals surface area contributed by atoms with Crippen molar-refractivity contribution < 1.29 is 22.7 Å². The lowest BCUT2D eigenvalue weighted by atomic mass is 10.2. The van der Waals surface area contributed by atoms with Crippen molar-refractivity contribution in [3.8, 4) is 5.75 Å². The average Bonchev–Trinajstić information content (AvgIpc) is 2.37. The predicted octanol–water partition coefficient (Wildman–Crippen LogP) is 2.83. The van der Waals surface area contributed by atoms with Gasteiger partial charge < -0.3 is 21.1 Å². The number of alkyl halides is 3. The van der Waals surface area contributed by atoms with Gasteiger partial charge in [0.15, 0.2) is 0 Å². The minimum absolute atomic E-state index is 0.0404. The van der Waals surface area contributed by atoms with Gasteiger partial charge in [0.1, 0.15) is 5.75 Å². The number of carbonyl (C=O) groups excluding carboxylic acids is 1. The molecule has 0 fully saturated rings. The van der Waals surface area contributed by atoms with E-state index in [1.165, 1.54) is 12.1 Å². The van der Waals surface area contributed by atoms with Crippen molar-refractivity contribution in [2.24, 2.45) is 5.73 Å². The monoisotopic (exact) mass is 305 g/mol. The fourth-order valence-electron chi connectivity index (χ4n) is 1.63. The Labute approximate surface area is 120 Å². The number of nitrogens with two attached hydrogens (primary N) is 1. The molecule has 0 bridgehead atoms. The summed E-state index contributed by atoms with van der Waals surface area (Å²) >= 11 is 0. The van der Waals surface area contributed by atoms with E-state index in [0.717, 1.165) is 25.0 Å². The van der Waals surface area contributed by atoms with Crippen molar-refractivity contribution in [3.63, 3.8) is 0 Å². The topological polar surface area (TPSA) is 76.4 Å². The van der Waals surface area contributed by atoms with Crippen LogP contribution in [0.15, 0.2) is 24.3 Å². The van der Waals surface area contributed by atoms with Crippen LogP contribution < -0.4 is 21.1 Å². The van der Waals surface area contributed by atoms with Crippen LogP contribution in [0.2, 0.25) is 0 Å². The number of ether oxygens (including phenoxy) is 1. The molecule has 0 aromatic heterocycles. The normalized spacial score (nSPS) is 12.6. The molecule has 0 saturated carbocycles. The van der Waals surface area contributed by atoms with Gasteiger partial charge in [-0.1, -0.05) is 0 Å². The zero-order chi connectivity index (χ0) is 15.9. The van der Waals surface area contributed by atoms with Crippen LogP contribution in [0.4, 0.5) is 23.7 Å². The highest BCUT2D eigenvalue weighted by Gasteiger charge is 2.30. The van der Waals surface area contributed by atoms with E-state index in [4.69, 9.17) is 5.73 Å². The summed E-state index contributed by atoms with van der Waals surface area (Å²) < 4.78 is 39.7. The van der Waals surface area contributed by atoms with Gasteiger partial charge in [0.05, 0.1) is 0 Å². The lowest BCUT2D eigenvalue weighted by molar-refractivity contribution is -0.274. The highest BCUT2D eigenvalue weighted by atomic mass is 19.4. The van der Waals surface area contributed by atoms with Crippen LogP contribution in [0.5, 0.6) is 5.75 Å². The number of carbonyl (C=O) groups is 1. The number of hydrogen-bond acceptors (Lipinski definition) is 3. The van der Waals surface area contributed by atoms with Gasteiger partial charge in [0.25, 0.3) is 0 Å². The van der Waals surface area contributed by atoms with Crippen LogP contribution in [-0.4, -0.2) is 25.0 Å². The molecule has 0 radical (unpaired) electrons. The molecule has 118 valence electrons. The third-order valence-corrected chi connectivity index (χ3v) is 2.56. The molecule has 0 aliphatic heterocycles. The minimum atomic E-state index is -4.73. The first-order valence-electron chi connectivity index (χ1n) is 6.43. The van der Waals surface area contributed by atoms with E-state index in [0.29, 0.717) is 12.2 Å². The molecule has 4 N–H and O–H groups in total. The van der Waals surface area contributed by atoms with E-state index < -0.39 is 12.4 Å². The highest BCUT2D eigenvalue weighted by molar-refractivity contribution is 5.89. The third kappa shape index (κ3) is 7.40. The van der Waals surface area contributed by atoms with Crippen LogP contribution in [0.25, 0.3) is 0 Å². The van der Waals surface area contributed by atoms with Crippen molar-refractivity contribution in [2.45, 2.75) is 32.2 Å². The molecule has 1 atom stereocenters. The predicted molar refractivity (Wildman–Crippen MR) is 73.0 cm³/mol. The Morgan fingerprint density at radius 1 is 1.33 bits per heavy atom. The fraction of sp³-hybridized carbons (Fsp3) is 0.462. The highest BCUT2D eigenvalue weighted by Crippen LogP contribution is 2.23. The minimum Gasteiger partial charge on any atom is -0.406 e. The molecule has 5 nitrogen and oxygen atoms in total. The second-order valence-corrected chi connectivity index (χ2v) is 4.50. The zero-order valence-corrected chi connectivity index (χ0v) is 11.5. The lowest BCUT2D eigenvalue weighted by Crippen LogP contribution is -2.36. The number of nitrogens with one attached hydrogen (secondary N) is 2. The Morgan fingerprint density at radius 2 is 1.95 bits per heavy atom. The van der Waals surface area contributed by atoms with Crippen molar-refractivity contribution >= 4 is 11.7 Å². The van der Waals surface area contributed by atoms with Gasteiger partial charge >= 0.3 is 12.4 Å². The molecule has 0 saturated heterocycles. The van der Waals surface area contributed by atoms with E-state index in [1.807, 2.05) is 6.92 Å². The Balaban J connectivity index is 2.46. The summed E-state index contributed by atoms with van der Waals surface area (Å²) in [5, 5.41) is 5.22. The van der Waals surface area contributed by atoms with Gasteiger partial charge in [-0.05, 0) is 50.6 Å². The van der Waals surface area contributed by atoms with Gasteiger partial charge in [-0.25, -0.2) is 4.79 Å². The number of amides is 2. The van der Waals surface area contributed by atoms with Gasteiger partial charge in [-0.2, -0.15) is 0 Å². The van der Waals surface area contributed by atoms with Crippen molar-refractivity contribution in [3.05, 3.63) is 24.3 Å². The van der Waals surface area contributed by atoms with Crippen LogP contribution in [0, 0.1) is 0 Å². The Hall–Kier alpha value is -1.96. The van der Waals surface area contributed by atoms with Crippen LogP contribution >= 0.6 is 0 Å². The Morgan fingerprint density at radius 3 is 2.48 bits per heavy atom. The maximum absolute atomic E-state index is 12.0. The molecule has 0 aliphatic carbocycles. The third-order valence-electron chi connectivity index (χ3n) is 2.56. The van der Waals surface area contributed by atoms with E-state index in [2.05, 4.69) is 15.4 Å². The second kappa shape index (κ2) is 7.72. The maximum Gasteiger partial charge on any atom is 0.573 e. The molecular weight excluding hydrogens is 287 g/mol. The summed E-state index contributed by atoms with van der Waals surface area (Å²) in [5.74, 6) is -0.343. The summed E-state index contributed by atoms with van der Waals surface area (Å²) in [7, 11) is 0. The van der Waals surface area contributed by atoms with E-state index in [9.17, 15) is 18.0 Å². The van der Waals surface area contributed by atoms with Crippen LogP contribution in [-0.2, 0) is 0 Å². The van der Waals surface area contributed by atoms with E-state index in [-0.39, 0.29) is 11.8 Å². The molecule has 0 aliphatic rings. The standard InChI is InChI=1S/C13H18F3N3O2/c1-9(3-2-8-17)18-12(20)19-10-4-6-11(7-5-10)21-13(14,15)16/h4-7,9H,2-3,8,17H2,1H3,(H2,18,19,20). The van der Waals surface area contributed by atoms with E-state index in [1.54, 1.807) is 0 Å². The van der Waals surface area contributed by atoms with Gasteiger partial charge in [0, 0.05) is 11.7 Å². The summed E-state index contributed by atoms with van der Waals surface area (Å²) in [6.45, 7) is 2.39. The average molecular weight is 305 g/mol. The molecule has 1 rings (SSSR count). The van der Waals surface area contributed by atoms with Crippen LogP contribution in [0.1, 0.15) is 19.8 Å². The number of hydrogen-bond donors (Lipinski definition) is 3. The number of benzene rings is 1. The number of anilines is 1. The second-order valence-electron chi connectivity index (χ2n) is 4.50. The molecule has 8 heteroatoms. The molecule has 21 heavy (non-hydrogen) atoms. The summed E-state index contributed by atoms with van der Waals surface area (Å²) in [6, 6.07) is 4.43. The molecule has 1 aromatic rings. The van der Waals surface area contributed by atoms with Crippen LogP contribution in [0.3, 0.4) is 0 Å². The molecule has 0 heterocycles. The van der Waals surface area contributed by atoms with Gasteiger partial charge in [-0.15, -0.1) is 13.2 Å². The molecule has 2 amide bonds. The van der Waals surface area contributed by atoms with Crippen molar-refractivity contribution in [2.75, 3.05) is 11.9 Å². The summed E-state index contributed by atoms with van der Waals surface area (Å²) in [5.41, 5.74) is 5.74. The number of urea groups is 1. The van der Waals surface area contributed by atoms with Gasteiger partial charge in [-0.3, -0.25) is 0 Å². The van der Waals surface area contributed by atoms with E-state index >= 15 is 0 Å². The zero-order valence-electron chi connectivity index (χ0n) is 11.5. The van der Waals surface area contributed by atoms with Crippen molar-refractivity contribution in [1.82, 2.24) is 5.32 Å². The Bertz CT molecular complexity index is 449.